The molecule has 13 heavy (non-hydrogen) atoms. The molecule has 2 aromatic rings. The summed E-state index contributed by atoms with van der Waals surface area (Å²) in [5.41, 5.74) is 1.42. The molecule has 1 N–H and O–H groups in total. The zero-order chi connectivity index (χ0) is 9.26. The van der Waals surface area contributed by atoms with Gasteiger partial charge in [-0.05, 0) is 17.9 Å². The molecule has 4 heteroatoms. The van der Waals surface area contributed by atoms with Gasteiger partial charge in [-0.2, -0.15) is 0 Å². The van der Waals surface area contributed by atoms with E-state index in [-0.39, 0.29) is 5.75 Å². The van der Waals surface area contributed by atoms with Crippen LogP contribution in [0, 0.1) is 0 Å². The van der Waals surface area contributed by atoms with Crippen LogP contribution in [0.1, 0.15) is 6.92 Å². The van der Waals surface area contributed by atoms with E-state index in [0.717, 1.165) is 11.3 Å². The minimum absolute atomic E-state index is 0.205. The van der Waals surface area contributed by atoms with E-state index in [4.69, 9.17) is 4.42 Å². The first-order valence-electron chi connectivity index (χ1n) is 4.02. The number of aromatic hydroxyl groups is 1. The molecule has 1 aromatic heterocycles. The number of benzene rings is 1. The summed E-state index contributed by atoms with van der Waals surface area (Å²) < 4.78 is 5.38. The zero-order valence-electron chi connectivity index (χ0n) is 7.15. The summed E-state index contributed by atoms with van der Waals surface area (Å²) in [6, 6.07) is 4.92. The van der Waals surface area contributed by atoms with Gasteiger partial charge in [-0.3, -0.25) is 0 Å². The van der Waals surface area contributed by atoms with Crippen molar-refractivity contribution in [1.82, 2.24) is 4.98 Å². The van der Waals surface area contributed by atoms with Crippen molar-refractivity contribution in [2.75, 3.05) is 5.75 Å². The monoisotopic (exact) mass is 195 g/mol. The number of phenols is 1. The SMILES string of the molecule is CCSc1nc2ccc(O)cc2o1. The first-order chi connectivity index (χ1) is 6.29. The molecule has 68 valence electrons. The molecule has 0 saturated heterocycles. The number of oxazole rings is 1. The summed E-state index contributed by atoms with van der Waals surface area (Å²) in [4.78, 5) is 4.23. The highest BCUT2D eigenvalue weighted by Gasteiger charge is 2.05. The van der Waals surface area contributed by atoms with Crippen LogP contribution in [0.25, 0.3) is 11.1 Å². The van der Waals surface area contributed by atoms with Gasteiger partial charge < -0.3 is 9.52 Å². The van der Waals surface area contributed by atoms with Gasteiger partial charge in [0.05, 0.1) is 0 Å². The quantitative estimate of drug-likeness (QED) is 0.748. The Morgan fingerprint density at radius 2 is 2.38 bits per heavy atom. The molecule has 3 nitrogen and oxygen atoms in total. The molecule has 0 unspecified atom stereocenters. The standard InChI is InChI=1S/C9H9NO2S/c1-2-13-9-10-7-4-3-6(11)5-8(7)12-9/h3-5,11H,2H2,1H3. The minimum atomic E-state index is 0.205. The molecular formula is C9H9NO2S. The maximum absolute atomic E-state index is 9.17. The van der Waals surface area contributed by atoms with E-state index in [1.54, 1.807) is 30.0 Å². The molecule has 0 bridgehead atoms. The van der Waals surface area contributed by atoms with Gasteiger partial charge in [-0.15, -0.1) is 0 Å². The van der Waals surface area contributed by atoms with Crippen LogP contribution in [-0.2, 0) is 0 Å². The van der Waals surface area contributed by atoms with Crippen molar-refractivity contribution < 1.29 is 9.52 Å². The summed E-state index contributed by atoms with van der Waals surface area (Å²) in [5.74, 6) is 1.13. The van der Waals surface area contributed by atoms with Gasteiger partial charge in [-0.1, -0.05) is 18.7 Å². The predicted octanol–water partition coefficient (Wildman–Crippen LogP) is 2.65. The fourth-order valence-electron chi connectivity index (χ4n) is 1.08. The van der Waals surface area contributed by atoms with Gasteiger partial charge >= 0.3 is 0 Å². The van der Waals surface area contributed by atoms with Gasteiger partial charge in [0.25, 0.3) is 5.22 Å². The van der Waals surface area contributed by atoms with Crippen molar-refractivity contribution in [2.24, 2.45) is 0 Å². The van der Waals surface area contributed by atoms with Gasteiger partial charge in [0.2, 0.25) is 0 Å². The Hall–Kier alpha value is -1.16. The van der Waals surface area contributed by atoms with E-state index in [2.05, 4.69) is 4.98 Å². The second-order valence-electron chi connectivity index (χ2n) is 2.56. The first-order valence-corrected chi connectivity index (χ1v) is 5.00. The Morgan fingerprint density at radius 3 is 3.15 bits per heavy atom. The third-order valence-electron chi connectivity index (χ3n) is 1.62. The molecule has 2 rings (SSSR count). The lowest BCUT2D eigenvalue weighted by Gasteiger charge is -1.87. The number of hydrogen-bond acceptors (Lipinski definition) is 4. The highest BCUT2D eigenvalue weighted by atomic mass is 32.2. The Labute approximate surface area is 79.8 Å². The smallest absolute Gasteiger partial charge is 0.256 e. The number of fused-ring (bicyclic) bond motifs is 1. The van der Waals surface area contributed by atoms with E-state index >= 15 is 0 Å². The third kappa shape index (κ3) is 1.62. The molecule has 1 aromatic carbocycles. The first kappa shape index (κ1) is 8.44. The van der Waals surface area contributed by atoms with Crippen molar-refractivity contribution in [3.05, 3.63) is 18.2 Å². The Kier molecular flexibility index (Phi) is 2.14. The molecule has 1 heterocycles. The van der Waals surface area contributed by atoms with Crippen molar-refractivity contribution >= 4 is 22.9 Å². The van der Waals surface area contributed by atoms with Crippen LogP contribution in [-0.4, -0.2) is 15.8 Å². The second kappa shape index (κ2) is 3.30. The molecule has 0 aliphatic carbocycles. The van der Waals surface area contributed by atoms with E-state index < -0.39 is 0 Å². The van der Waals surface area contributed by atoms with Crippen molar-refractivity contribution in [3.8, 4) is 5.75 Å². The van der Waals surface area contributed by atoms with Crippen LogP contribution >= 0.6 is 11.8 Å². The number of hydrogen-bond donors (Lipinski definition) is 1. The Balaban J connectivity index is 2.49. The van der Waals surface area contributed by atoms with Gasteiger partial charge in [0.15, 0.2) is 5.58 Å². The molecule has 0 fully saturated rings. The summed E-state index contributed by atoms with van der Waals surface area (Å²) in [6.45, 7) is 2.04. The minimum Gasteiger partial charge on any atom is -0.508 e. The zero-order valence-corrected chi connectivity index (χ0v) is 7.97. The van der Waals surface area contributed by atoms with Crippen molar-refractivity contribution in [3.63, 3.8) is 0 Å². The summed E-state index contributed by atoms with van der Waals surface area (Å²) in [5, 5.41) is 9.83. The number of nitrogens with zero attached hydrogens (tertiary/aromatic N) is 1. The molecule has 0 radical (unpaired) electrons. The largest absolute Gasteiger partial charge is 0.508 e. The lowest BCUT2D eigenvalue weighted by atomic mass is 10.3. The number of thioether (sulfide) groups is 1. The molecule has 0 saturated carbocycles. The number of aromatic nitrogens is 1. The highest BCUT2D eigenvalue weighted by Crippen LogP contribution is 2.25. The topological polar surface area (TPSA) is 46.3 Å². The van der Waals surface area contributed by atoms with Crippen LogP contribution in [0.2, 0.25) is 0 Å². The molecule has 0 aliphatic rings. The molecule has 0 aliphatic heterocycles. The van der Waals surface area contributed by atoms with E-state index in [9.17, 15) is 5.11 Å². The molecule has 0 amide bonds. The fourth-order valence-corrected chi connectivity index (χ4v) is 1.64. The Morgan fingerprint density at radius 1 is 1.54 bits per heavy atom. The molecule has 0 atom stereocenters. The van der Waals surface area contributed by atoms with E-state index in [1.807, 2.05) is 6.92 Å². The van der Waals surface area contributed by atoms with Gasteiger partial charge in [0, 0.05) is 6.07 Å². The van der Waals surface area contributed by atoms with Crippen LogP contribution in [0.3, 0.4) is 0 Å². The number of phenolic OH excluding ortho intramolecular Hbond substituents is 1. The van der Waals surface area contributed by atoms with Gasteiger partial charge in [-0.25, -0.2) is 4.98 Å². The van der Waals surface area contributed by atoms with E-state index in [1.165, 1.54) is 0 Å². The van der Waals surface area contributed by atoms with Crippen LogP contribution in [0.5, 0.6) is 5.75 Å². The summed E-state index contributed by atoms with van der Waals surface area (Å²) in [6.07, 6.45) is 0. The average Bonchev–Trinajstić information content (AvgIpc) is 2.46. The predicted molar refractivity (Wildman–Crippen MR) is 52.1 cm³/mol. The lowest BCUT2D eigenvalue weighted by molar-refractivity contribution is 0.467. The highest BCUT2D eigenvalue weighted by molar-refractivity contribution is 7.99. The fraction of sp³-hybridized carbons (Fsp3) is 0.222. The van der Waals surface area contributed by atoms with Crippen molar-refractivity contribution in [1.29, 1.82) is 0 Å². The lowest BCUT2D eigenvalue weighted by Crippen LogP contribution is -1.69. The van der Waals surface area contributed by atoms with Gasteiger partial charge in [0.1, 0.15) is 11.3 Å². The maximum Gasteiger partial charge on any atom is 0.256 e. The average molecular weight is 195 g/mol. The van der Waals surface area contributed by atoms with Crippen LogP contribution in [0.15, 0.2) is 27.8 Å². The molecular weight excluding hydrogens is 186 g/mol. The Bertz CT molecular complexity index is 424. The normalized spacial score (nSPS) is 10.8. The summed E-state index contributed by atoms with van der Waals surface area (Å²) in [7, 11) is 0. The van der Waals surface area contributed by atoms with Crippen LogP contribution < -0.4 is 0 Å². The summed E-state index contributed by atoms with van der Waals surface area (Å²) >= 11 is 1.55. The molecule has 0 spiro atoms. The maximum atomic E-state index is 9.17. The van der Waals surface area contributed by atoms with E-state index in [0.29, 0.717) is 10.8 Å². The third-order valence-corrected chi connectivity index (χ3v) is 2.33. The second-order valence-corrected chi connectivity index (χ2v) is 3.78. The van der Waals surface area contributed by atoms with Crippen molar-refractivity contribution in [2.45, 2.75) is 12.1 Å². The van der Waals surface area contributed by atoms with Crippen LogP contribution in [0.4, 0.5) is 0 Å². The number of rotatable bonds is 2.